The molecular weight excluding hydrogens is 362 g/mol. The lowest BCUT2D eigenvalue weighted by Gasteiger charge is -2.54. The van der Waals surface area contributed by atoms with Crippen LogP contribution in [0.4, 0.5) is 10.5 Å². The maximum absolute atomic E-state index is 12.7. The molecule has 1 spiro atoms. The Morgan fingerprint density at radius 3 is 2.61 bits per heavy atom. The molecule has 8 heteroatoms. The van der Waals surface area contributed by atoms with Crippen LogP contribution in [-0.4, -0.2) is 62.9 Å². The lowest BCUT2D eigenvalue weighted by molar-refractivity contribution is -0.129. The minimum absolute atomic E-state index is 0.0645. The number of benzene rings is 1. The molecule has 28 heavy (non-hydrogen) atoms. The smallest absolute Gasteiger partial charge is 0.321 e. The van der Waals surface area contributed by atoms with E-state index < -0.39 is 0 Å². The fraction of sp³-hybridized carbons (Fsp3) is 0.600. The Labute approximate surface area is 164 Å². The Balaban J connectivity index is 1.30. The van der Waals surface area contributed by atoms with Crippen LogP contribution in [0.2, 0.25) is 0 Å². The number of methoxy groups -OCH3 is 1. The molecule has 4 rings (SSSR count). The number of urea groups is 1. The highest BCUT2D eigenvalue weighted by Crippen LogP contribution is 2.49. The van der Waals surface area contributed by atoms with Gasteiger partial charge in [-0.05, 0) is 43.2 Å². The summed E-state index contributed by atoms with van der Waals surface area (Å²) in [5.74, 6) is 1.30. The van der Waals surface area contributed by atoms with E-state index >= 15 is 0 Å². The molecule has 2 N–H and O–H groups in total. The van der Waals surface area contributed by atoms with E-state index in [1.165, 1.54) is 7.11 Å². The van der Waals surface area contributed by atoms with Crippen LogP contribution in [0.15, 0.2) is 18.2 Å². The van der Waals surface area contributed by atoms with Crippen molar-refractivity contribution in [1.82, 2.24) is 10.2 Å². The van der Waals surface area contributed by atoms with Gasteiger partial charge < -0.3 is 29.7 Å². The zero-order valence-electron chi connectivity index (χ0n) is 16.2. The van der Waals surface area contributed by atoms with Crippen LogP contribution >= 0.6 is 0 Å². The minimum atomic E-state index is -0.106. The van der Waals surface area contributed by atoms with Gasteiger partial charge >= 0.3 is 6.03 Å². The van der Waals surface area contributed by atoms with Crippen LogP contribution in [-0.2, 0) is 9.53 Å². The van der Waals surface area contributed by atoms with E-state index in [1.54, 1.807) is 6.07 Å². The Kier molecular flexibility index (Phi) is 5.30. The van der Waals surface area contributed by atoms with Gasteiger partial charge in [0.15, 0.2) is 11.5 Å². The SMILES string of the molecule is COCC(=O)NC1CCC12CCN(C(=O)Nc1ccc3c(c1)OCCO3)CC2. The molecule has 8 nitrogen and oxygen atoms in total. The summed E-state index contributed by atoms with van der Waals surface area (Å²) in [5, 5.41) is 6.03. The Morgan fingerprint density at radius 1 is 1.18 bits per heavy atom. The maximum atomic E-state index is 12.7. The quantitative estimate of drug-likeness (QED) is 0.822. The highest BCUT2D eigenvalue weighted by atomic mass is 16.6. The predicted molar refractivity (Wildman–Crippen MR) is 103 cm³/mol. The fourth-order valence-electron chi connectivity index (χ4n) is 4.37. The molecule has 0 aromatic heterocycles. The van der Waals surface area contributed by atoms with Crippen molar-refractivity contribution in [3.05, 3.63) is 18.2 Å². The molecule has 1 aromatic rings. The third-order valence-corrected chi connectivity index (χ3v) is 6.12. The zero-order chi connectivity index (χ0) is 19.6. The second-order valence-electron chi connectivity index (χ2n) is 7.73. The van der Waals surface area contributed by atoms with Gasteiger partial charge in [0.05, 0.1) is 0 Å². The van der Waals surface area contributed by atoms with Crippen molar-refractivity contribution < 1.29 is 23.8 Å². The Bertz CT molecular complexity index is 745. The summed E-state index contributed by atoms with van der Waals surface area (Å²) < 4.78 is 16.0. The lowest BCUT2D eigenvalue weighted by atomic mass is 9.59. The van der Waals surface area contributed by atoms with Crippen molar-refractivity contribution in [3.8, 4) is 11.5 Å². The van der Waals surface area contributed by atoms with E-state index in [-0.39, 0.29) is 30.0 Å². The summed E-state index contributed by atoms with van der Waals surface area (Å²) in [5.41, 5.74) is 0.819. The monoisotopic (exact) mass is 389 g/mol. The third-order valence-electron chi connectivity index (χ3n) is 6.12. The molecule has 1 saturated heterocycles. The highest BCUT2D eigenvalue weighted by Gasteiger charge is 2.49. The molecule has 152 valence electrons. The molecule has 1 saturated carbocycles. The number of nitrogens with one attached hydrogen (secondary N) is 2. The molecular formula is C20H27N3O5. The van der Waals surface area contributed by atoms with Crippen LogP contribution in [0.25, 0.3) is 0 Å². The Hall–Kier alpha value is -2.48. The number of piperidine rings is 1. The van der Waals surface area contributed by atoms with Crippen LogP contribution in [0.3, 0.4) is 0 Å². The molecule has 1 atom stereocenters. The van der Waals surface area contributed by atoms with E-state index in [2.05, 4.69) is 10.6 Å². The predicted octanol–water partition coefficient (Wildman–Crippen LogP) is 2.00. The van der Waals surface area contributed by atoms with Crippen molar-refractivity contribution in [2.75, 3.05) is 45.3 Å². The normalized spacial score (nSPS) is 22.3. The molecule has 0 radical (unpaired) electrons. The highest BCUT2D eigenvalue weighted by molar-refractivity contribution is 5.89. The van der Waals surface area contributed by atoms with Crippen LogP contribution in [0.5, 0.6) is 11.5 Å². The van der Waals surface area contributed by atoms with Gasteiger partial charge in [-0.3, -0.25) is 4.79 Å². The van der Waals surface area contributed by atoms with Crippen molar-refractivity contribution in [3.63, 3.8) is 0 Å². The van der Waals surface area contributed by atoms with Gasteiger partial charge in [-0.1, -0.05) is 0 Å². The number of likely N-dealkylation sites (tertiary alicyclic amines) is 1. The number of hydrogen-bond donors (Lipinski definition) is 2. The van der Waals surface area contributed by atoms with Gasteiger partial charge in [-0.2, -0.15) is 0 Å². The Morgan fingerprint density at radius 2 is 1.93 bits per heavy atom. The molecule has 1 unspecified atom stereocenters. The molecule has 2 heterocycles. The lowest BCUT2D eigenvalue weighted by Crippen LogP contribution is -2.60. The van der Waals surface area contributed by atoms with E-state index in [4.69, 9.17) is 14.2 Å². The molecule has 1 aromatic carbocycles. The number of amides is 3. The topological polar surface area (TPSA) is 89.1 Å². The number of hydrogen-bond acceptors (Lipinski definition) is 5. The van der Waals surface area contributed by atoms with Crippen molar-refractivity contribution in [1.29, 1.82) is 0 Å². The van der Waals surface area contributed by atoms with Gasteiger partial charge in [0.2, 0.25) is 5.91 Å². The average Bonchev–Trinajstić information content (AvgIpc) is 2.71. The zero-order valence-corrected chi connectivity index (χ0v) is 16.2. The van der Waals surface area contributed by atoms with Crippen LogP contribution in [0, 0.1) is 5.41 Å². The number of carbonyl (C=O) groups is 2. The van der Waals surface area contributed by atoms with E-state index in [1.807, 2.05) is 17.0 Å². The number of carbonyl (C=O) groups excluding carboxylic acids is 2. The summed E-state index contributed by atoms with van der Waals surface area (Å²) in [7, 11) is 1.52. The summed E-state index contributed by atoms with van der Waals surface area (Å²) in [6.07, 6.45) is 3.90. The van der Waals surface area contributed by atoms with Crippen molar-refractivity contribution in [2.45, 2.75) is 31.7 Å². The minimum Gasteiger partial charge on any atom is -0.486 e. The third kappa shape index (κ3) is 3.73. The average molecular weight is 389 g/mol. The first kappa shape index (κ1) is 18.9. The first-order valence-electron chi connectivity index (χ1n) is 9.83. The molecule has 0 bridgehead atoms. The molecule has 3 aliphatic rings. The summed E-state index contributed by atoms with van der Waals surface area (Å²) in [6.45, 7) is 2.53. The summed E-state index contributed by atoms with van der Waals surface area (Å²) >= 11 is 0. The molecule has 2 aliphatic heterocycles. The van der Waals surface area contributed by atoms with Crippen LogP contribution < -0.4 is 20.1 Å². The number of anilines is 1. The molecule has 2 fully saturated rings. The van der Waals surface area contributed by atoms with E-state index in [0.717, 1.165) is 25.7 Å². The standard InChI is InChI=1S/C20H27N3O5/c1-26-13-18(24)22-17-4-5-20(17)6-8-23(9-7-20)19(25)21-14-2-3-15-16(12-14)28-11-10-27-15/h2-3,12,17H,4-11,13H2,1H3,(H,21,25)(H,22,24). The van der Waals surface area contributed by atoms with Gasteiger partial charge in [0, 0.05) is 38.0 Å². The second kappa shape index (κ2) is 7.87. The van der Waals surface area contributed by atoms with Crippen molar-refractivity contribution in [2.24, 2.45) is 5.41 Å². The number of rotatable bonds is 4. The van der Waals surface area contributed by atoms with E-state index in [9.17, 15) is 9.59 Å². The number of nitrogens with zero attached hydrogens (tertiary/aromatic N) is 1. The maximum Gasteiger partial charge on any atom is 0.321 e. The first-order valence-corrected chi connectivity index (χ1v) is 9.83. The fourth-order valence-corrected chi connectivity index (χ4v) is 4.37. The molecule has 3 amide bonds. The van der Waals surface area contributed by atoms with Gasteiger partial charge in [-0.25, -0.2) is 4.79 Å². The van der Waals surface area contributed by atoms with Gasteiger partial charge in [0.25, 0.3) is 0 Å². The van der Waals surface area contributed by atoms with Gasteiger partial charge in [0.1, 0.15) is 19.8 Å². The summed E-state index contributed by atoms with van der Waals surface area (Å²) in [4.78, 5) is 26.3. The first-order chi connectivity index (χ1) is 13.6. The van der Waals surface area contributed by atoms with Crippen LogP contribution in [0.1, 0.15) is 25.7 Å². The number of fused-ring (bicyclic) bond motifs is 1. The van der Waals surface area contributed by atoms with Gasteiger partial charge in [-0.15, -0.1) is 0 Å². The van der Waals surface area contributed by atoms with Crippen molar-refractivity contribution >= 4 is 17.6 Å². The second-order valence-corrected chi connectivity index (χ2v) is 7.73. The summed E-state index contributed by atoms with van der Waals surface area (Å²) in [6, 6.07) is 5.52. The molecule has 1 aliphatic carbocycles. The number of ether oxygens (including phenoxy) is 3. The van der Waals surface area contributed by atoms with E-state index in [0.29, 0.717) is 43.5 Å². The largest absolute Gasteiger partial charge is 0.486 e.